The number of nitrogens with one attached hydrogen (secondary N) is 1. The number of aromatic nitrogens is 1. The molecule has 0 aliphatic heterocycles. The highest BCUT2D eigenvalue weighted by molar-refractivity contribution is 7.89. The number of nitrogens with zero attached hydrogens (tertiary/aromatic N) is 2. The van der Waals surface area contributed by atoms with Gasteiger partial charge in [-0.05, 0) is 43.0 Å². The van der Waals surface area contributed by atoms with E-state index < -0.39 is 16.0 Å². The fourth-order valence-corrected chi connectivity index (χ4v) is 4.95. The first-order valence-corrected chi connectivity index (χ1v) is 12.1. The molecule has 2 aromatic carbocycles. The average molecular weight is 480 g/mol. The fraction of sp³-hybridized carbons (Fsp3) is 0.240. The van der Waals surface area contributed by atoms with Crippen molar-refractivity contribution in [3.63, 3.8) is 0 Å². The lowest BCUT2D eigenvalue weighted by Gasteiger charge is -2.08. The lowest BCUT2D eigenvalue weighted by atomic mass is 9.98. The van der Waals surface area contributed by atoms with Gasteiger partial charge in [0.15, 0.2) is 5.78 Å². The first kappa shape index (κ1) is 24.9. The van der Waals surface area contributed by atoms with Crippen LogP contribution in [0.1, 0.15) is 51.5 Å². The second kappa shape index (κ2) is 10.0. The maximum atomic E-state index is 12.5. The molecule has 1 aromatic heterocycles. The number of benzene rings is 2. The summed E-state index contributed by atoms with van der Waals surface area (Å²) in [5.41, 5.74) is 3.34. The summed E-state index contributed by atoms with van der Waals surface area (Å²) >= 11 is 0. The molecule has 0 unspecified atom stereocenters. The lowest BCUT2D eigenvalue weighted by Crippen LogP contribution is -2.26. The van der Waals surface area contributed by atoms with Gasteiger partial charge in [0, 0.05) is 30.4 Å². The summed E-state index contributed by atoms with van der Waals surface area (Å²) in [6.07, 6.45) is 0.937. The van der Waals surface area contributed by atoms with Crippen LogP contribution in [0.15, 0.2) is 53.4 Å². The summed E-state index contributed by atoms with van der Waals surface area (Å²) in [6.45, 7) is 3.44. The van der Waals surface area contributed by atoms with Crippen molar-refractivity contribution >= 4 is 21.8 Å². The summed E-state index contributed by atoms with van der Waals surface area (Å²) in [4.78, 5) is 23.3. The van der Waals surface area contributed by atoms with Crippen molar-refractivity contribution in [1.82, 2.24) is 9.29 Å². The lowest BCUT2D eigenvalue weighted by molar-refractivity contribution is 0.0687. The van der Waals surface area contributed by atoms with E-state index in [0.717, 1.165) is 5.56 Å². The van der Waals surface area contributed by atoms with E-state index in [0.29, 0.717) is 40.8 Å². The first-order chi connectivity index (χ1) is 16.1. The predicted molar refractivity (Wildman–Crippen MR) is 127 cm³/mol. The largest absolute Gasteiger partial charge is 0.477 e. The van der Waals surface area contributed by atoms with Gasteiger partial charge in [-0.1, -0.05) is 43.3 Å². The molecule has 9 heteroatoms. The number of carboxylic acid groups (broad SMARTS) is 1. The molecule has 0 saturated carbocycles. The van der Waals surface area contributed by atoms with Crippen LogP contribution in [0.5, 0.6) is 0 Å². The van der Waals surface area contributed by atoms with Gasteiger partial charge in [-0.3, -0.25) is 4.79 Å². The number of hydrogen-bond acceptors (Lipinski definition) is 5. The Morgan fingerprint density at radius 3 is 2.21 bits per heavy atom. The predicted octanol–water partition coefficient (Wildman–Crippen LogP) is 3.55. The van der Waals surface area contributed by atoms with E-state index in [4.69, 9.17) is 0 Å². The zero-order chi connectivity index (χ0) is 25.0. The van der Waals surface area contributed by atoms with Gasteiger partial charge in [0.1, 0.15) is 11.8 Å². The number of rotatable bonds is 9. The molecule has 2 N–H and O–H groups in total. The summed E-state index contributed by atoms with van der Waals surface area (Å²) in [5.74, 6) is -1.25. The van der Waals surface area contributed by atoms with E-state index in [-0.39, 0.29) is 22.9 Å². The van der Waals surface area contributed by atoms with E-state index in [1.54, 1.807) is 35.9 Å². The van der Waals surface area contributed by atoms with Crippen LogP contribution in [-0.4, -0.2) is 36.4 Å². The van der Waals surface area contributed by atoms with Crippen molar-refractivity contribution < 1.29 is 23.1 Å². The van der Waals surface area contributed by atoms with Gasteiger partial charge in [-0.2, -0.15) is 5.26 Å². The molecular weight excluding hydrogens is 454 g/mol. The topological polar surface area (TPSA) is 129 Å². The van der Waals surface area contributed by atoms with E-state index in [1.165, 1.54) is 31.2 Å². The van der Waals surface area contributed by atoms with Gasteiger partial charge < -0.3 is 9.67 Å². The number of ketones is 1. The number of hydrogen-bond donors (Lipinski definition) is 2. The van der Waals surface area contributed by atoms with Gasteiger partial charge in [-0.15, -0.1) is 0 Å². The third kappa shape index (κ3) is 4.93. The number of carbonyl (C=O) groups is 2. The molecule has 3 rings (SSSR count). The highest BCUT2D eigenvalue weighted by Gasteiger charge is 2.25. The Hall–Kier alpha value is -3.74. The number of nitriles is 1. The van der Waals surface area contributed by atoms with E-state index in [9.17, 15) is 28.4 Å². The molecule has 8 nitrogen and oxygen atoms in total. The van der Waals surface area contributed by atoms with E-state index in [2.05, 4.69) is 10.8 Å². The number of Topliss-reactive ketones (excluding diaryl/α,β-unsaturated/α-hetero) is 1. The third-order valence-corrected chi connectivity index (χ3v) is 7.16. The number of carbonyl (C=O) groups excluding carboxylic acids is 1. The minimum atomic E-state index is -3.72. The monoisotopic (exact) mass is 479 g/mol. The quantitative estimate of drug-likeness (QED) is 0.452. The normalized spacial score (nSPS) is 11.2. The van der Waals surface area contributed by atoms with Crippen molar-refractivity contribution in [3.05, 3.63) is 76.6 Å². The SMILES string of the molecule is CCc1c(C#N)c(-c2ccc(CCNS(=O)(=O)c3ccc(C(C)=O)cc3)cc2)c(C(=O)O)n1C. The molecule has 0 radical (unpaired) electrons. The molecule has 0 spiro atoms. The Bertz CT molecular complexity index is 1380. The minimum absolute atomic E-state index is 0.0599. The van der Waals surface area contributed by atoms with E-state index in [1.807, 2.05) is 6.92 Å². The van der Waals surface area contributed by atoms with Crippen LogP contribution < -0.4 is 4.72 Å². The number of sulfonamides is 1. The van der Waals surface area contributed by atoms with Gasteiger partial charge in [-0.25, -0.2) is 17.9 Å². The number of carboxylic acids is 1. The molecule has 0 bridgehead atoms. The van der Waals surface area contributed by atoms with Gasteiger partial charge in [0.2, 0.25) is 10.0 Å². The molecular formula is C25H25N3O5S. The summed E-state index contributed by atoms with van der Waals surface area (Å²) in [6, 6.07) is 14.9. The van der Waals surface area contributed by atoms with Gasteiger partial charge in [0.05, 0.1) is 10.5 Å². The van der Waals surface area contributed by atoms with Crippen LogP contribution in [0, 0.1) is 11.3 Å². The third-order valence-electron chi connectivity index (χ3n) is 5.68. The van der Waals surface area contributed by atoms with Gasteiger partial charge >= 0.3 is 5.97 Å². The summed E-state index contributed by atoms with van der Waals surface area (Å²) < 4.78 is 29.1. The van der Waals surface area contributed by atoms with Crippen molar-refractivity contribution in [2.75, 3.05) is 6.54 Å². The van der Waals surface area contributed by atoms with Crippen molar-refractivity contribution in [2.45, 2.75) is 31.6 Å². The molecule has 0 fully saturated rings. The Kier molecular flexibility index (Phi) is 7.35. The Balaban J connectivity index is 1.76. The van der Waals surface area contributed by atoms with Crippen LogP contribution in [0.4, 0.5) is 0 Å². The summed E-state index contributed by atoms with van der Waals surface area (Å²) in [5, 5.41) is 19.4. The Morgan fingerprint density at radius 1 is 1.09 bits per heavy atom. The van der Waals surface area contributed by atoms with Crippen LogP contribution in [0.3, 0.4) is 0 Å². The molecule has 1 heterocycles. The second-order valence-corrected chi connectivity index (χ2v) is 9.57. The molecule has 3 aromatic rings. The van der Waals surface area contributed by atoms with Crippen LogP contribution in [0.25, 0.3) is 11.1 Å². The maximum Gasteiger partial charge on any atom is 0.353 e. The van der Waals surface area contributed by atoms with Crippen molar-refractivity contribution in [2.24, 2.45) is 7.05 Å². The number of aromatic carboxylic acids is 1. The van der Waals surface area contributed by atoms with Crippen LogP contribution in [0.2, 0.25) is 0 Å². The van der Waals surface area contributed by atoms with Gasteiger partial charge in [0.25, 0.3) is 0 Å². The highest BCUT2D eigenvalue weighted by Crippen LogP contribution is 2.32. The average Bonchev–Trinajstić information content (AvgIpc) is 3.10. The minimum Gasteiger partial charge on any atom is -0.477 e. The fourth-order valence-electron chi connectivity index (χ4n) is 3.92. The Labute approximate surface area is 198 Å². The van der Waals surface area contributed by atoms with E-state index >= 15 is 0 Å². The zero-order valence-electron chi connectivity index (χ0n) is 19.1. The zero-order valence-corrected chi connectivity index (χ0v) is 19.9. The molecule has 0 aliphatic rings. The van der Waals surface area contributed by atoms with Crippen LogP contribution >= 0.6 is 0 Å². The molecule has 0 saturated heterocycles. The Morgan fingerprint density at radius 2 is 1.71 bits per heavy atom. The molecule has 0 atom stereocenters. The standard InChI is InChI=1S/C25H25N3O5S/c1-4-22-21(15-26)23(24(25(30)31)28(22)3)19-7-5-17(6-8-19)13-14-27-34(32,33)20-11-9-18(10-12-20)16(2)29/h5-12,27H,4,13-14H2,1-3H3,(H,30,31). The molecule has 34 heavy (non-hydrogen) atoms. The maximum absolute atomic E-state index is 12.5. The molecule has 176 valence electrons. The second-order valence-electron chi connectivity index (χ2n) is 7.80. The van der Waals surface area contributed by atoms with Crippen molar-refractivity contribution in [3.8, 4) is 17.2 Å². The first-order valence-electron chi connectivity index (χ1n) is 10.7. The van der Waals surface area contributed by atoms with Crippen LogP contribution in [-0.2, 0) is 29.9 Å². The smallest absolute Gasteiger partial charge is 0.353 e. The summed E-state index contributed by atoms with van der Waals surface area (Å²) in [7, 11) is -2.08. The molecule has 0 aliphatic carbocycles. The molecule has 0 amide bonds. The van der Waals surface area contributed by atoms with Crippen molar-refractivity contribution in [1.29, 1.82) is 5.26 Å². The highest BCUT2D eigenvalue weighted by atomic mass is 32.2.